The van der Waals surface area contributed by atoms with Crippen molar-refractivity contribution in [3.05, 3.63) is 65.6 Å². The first-order valence-electron chi connectivity index (χ1n) is 9.15. The van der Waals surface area contributed by atoms with Crippen LogP contribution in [0.1, 0.15) is 11.1 Å². The van der Waals surface area contributed by atoms with Crippen LogP contribution in [0.5, 0.6) is 0 Å². The number of H-pyrrole nitrogens is 1. The Morgan fingerprint density at radius 3 is 2.90 bits per heavy atom. The number of benzene rings is 2. The molecule has 0 radical (unpaired) electrons. The molecule has 0 fully saturated rings. The second-order valence-corrected chi connectivity index (χ2v) is 6.38. The third kappa shape index (κ3) is 5.36. The summed E-state index contributed by atoms with van der Waals surface area (Å²) in [5, 5.41) is 9.91. The number of carbonyl (C=O) groups is 1. The lowest BCUT2D eigenvalue weighted by molar-refractivity contribution is -0.115. The van der Waals surface area contributed by atoms with Crippen molar-refractivity contribution in [2.45, 2.75) is 6.42 Å². The molecule has 1 heterocycles. The molecule has 0 saturated heterocycles. The summed E-state index contributed by atoms with van der Waals surface area (Å²) in [5.41, 5.74) is 3.20. The quantitative estimate of drug-likeness (QED) is 0.296. The normalized spacial score (nSPS) is 11.1. The molecule has 1 aromatic heterocycles. The van der Waals surface area contributed by atoms with Gasteiger partial charge >= 0.3 is 0 Å². The fourth-order valence-corrected chi connectivity index (χ4v) is 2.96. The number of guanidine groups is 1. The maximum absolute atomic E-state index is 13.3. The summed E-state index contributed by atoms with van der Waals surface area (Å²) in [5.74, 6) is 2.58. The third-order valence-electron chi connectivity index (χ3n) is 4.37. The predicted molar refractivity (Wildman–Crippen MR) is 114 cm³/mol. The Morgan fingerprint density at radius 1 is 1.24 bits per heavy atom. The first-order valence-corrected chi connectivity index (χ1v) is 9.15. The Hall–Kier alpha value is -3.79. The van der Waals surface area contributed by atoms with E-state index in [9.17, 15) is 9.18 Å². The number of anilines is 1. The van der Waals surface area contributed by atoms with Gasteiger partial charge < -0.3 is 20.9 Å². The van der Waals surface area contributed by atoms with E-state index < -0.39 is 0 Å². The summed E-state index contributed by atoms with van der Waals surface area (Å²) < 4.78 is 13.3. The van der Waals surface area contributed by atoms with Gasteiger partial charge in [0.15, 0.2) is 5.96 Å². The zero-order valence-corrected chi connectivity index (χ0v) is 16.1. The van der Waals surface area contributed by atoms with Crippen molar-refractivity contribution < 1.29 is 9.18 Å². The molecule has 0 aliphatic heterocycles. The minimum atomic E-state index is -0.266. The van der Waals surface area contributed by atoms with Crippen LogP contribution in [0.2, 0.25) is 0 Å². The molecule has 0 spiro atoms. The molecule has 0 bridgehead atoms. The van der Waals surface area contributed by atoms with Crippen molar-refractivity contribution >= 4 is 28.5 Å². The van der Waals surface area contributed by atoms with E-state index in [0.717, 1.165) is 22.9 Å². The summed E-state index contributed by atoms with van der Waals surface area (Å²) in [6, 6.07) is 11.8. The Bertz CT molecular complexity index is 1080. The molecule has 7 heteroatoms. The van der Waals surface area contributed by atoms with E-state index in [-0.39, 0.29) is 18.3 Å². The maximum Gasteiger partial charge on any atom is 0.243 e. The number of aromatic nitrogens is 1. The molecule has 2 aromatic carbocycles. The monoisotopic (exact) mass is 391 g/mol. The summed E-state index contributed by atoms with van der Waals surface area (Å²) >= 11 is 0. The van der Waals surface area contributed by atoms with Crippen LogP contribution in [0, 0.1) is 18.2 Å². The van der Waals surface area contributed by atoms with Gasteiger partial charge in [-0.05, 0) is 48.4 Å². The molecular formula is C22H22FN5O. The van der Waals surface area contributed by atoms with Gasteiger partial charge in [0, 0.05) is 41.9 Å². The zero-order valence-electron chi connectivity index (χ0n) is 16.1. The first-order chi connectivity index (χ1) is 14.1. The number of fused-ring (bicyclic) bond motifs is 1. The number of halogens is 1. The molecule has 0 unspecified atom stereocenters. The highest BCUT2D eigenvalue weighted by Crippen LogP contribution is 2.19. The van der Waals surface area contributed by atoms with E-state index >= 15 is 0 Å². The van der Waals surface area contributed by atoms with Gasteiger partial charge in [0.1, 0.15) is 5.82 Å². The van der Waals surface area contributed by atoms with Gasteiger partial charge in [0.2, 0.25) is 5.91 Å². The van der Waals surface area contributed by atoms with Crippen LogP contribution < -0.4 is 16.0 Å². The molecule has 0 aliphatic carbocycles. The van der Waals surface area contributed by atoms with Crippen molar-refractivity contribution in [1.82, 2.24) is 15.6 Å². The average Bonchev–Trinajstić information content (AvgIpc) is 3.12. The second kappa shape index (κ2) is 9.42. The van der Waals surface area contributed by atoms with Crippen molar-refractivity contribution in [3.63, 3.8) is 0 Å². The largest absolute Gasteiger partial charge is 0.361 e. The molecule has 1 amide bonds. The third-order valence-corrected chi connectivity index (χ3v) is 4.37. The molecule has 0 saturated carbocycles. The van der Waals surface area contributed by atoms with Crippen LogP contribution in [-0.4, -0.2) is 37.0 Å². The maximum atomic E-state index is 13.3. The number of terminal acetylenes is 1. The molecule has 4 N–H and O–H groups in total. The number of aromatic amines is 1. The summed E-state index contributed by atoms with van der Waals surface area (Å²) in [7, 11) is 1.64. The minimum Gasteiger partial charge on any atom is -0.361 e. The van der Waals surface area contributed by atoms with Gasteiger partial charge in [0.25, 0.3) is 0 Å². The van der Waals surface area contributed by atoms with Gasteiger partial charge in [-0.3, -0.25) is 9.79 Å². The minimum absolute atomic E-state index is 0.0618. The number of carbonyl (C=O) groups excluding carboxylic acids is 1. The Morgan fingerprint density at radius 2 is 2.10 bits per heavy atom. The van der Waals surface area contributed by atoms with Crippen molar-refractivity contribution in [1.29, 1.82) is 0 Å². The van der Waals surface area contributed by atoms with Crippen molar-refractivity contribution in [3.8, 4) is 12.3 Å². The molecule has 0 atom stereocenters. The number of nitrogens with one attached hydrogen (secondary N) is 4. The Balaban J connectivity index is 1.46. The standard InChI is InChI=1S/C22H22FN5O/c1-3-15-5-4-6-18(11-15)28-21(29)14-27-22(24-2)25-10-9-16-13-26-20-12-17(23)7-8-19(16)20/h1,4-8,11-13,26H,9-10,14H2,2H3,(H,28,29)(H2,24,25,27). The van der Waals surface area contributed by atoms with Crippen LogP contribution >= 0.6 is 0 Å². The van der Waals surface area contributed by atoms with E-state index in [1.165, 1.54) is 12.1 Å². The van der Waals surface area contributed by atoms with Crippen LogP contribution in [-0.2, 0) is 11.2 Å². The zero-order chi connectivity index (χ0) is 20.6. The Kier molecular flexibility index (Phi) is 6.48. The van der Waals surface area contributed by atoms with Gasteiger partial charge in [-0.25, -0.2) is 4.39 Å². The Labute approximate surface area is 168 Å². The van der Waals surface area contributed by atoms with E-state index in [1.807, 2.05) is 6.20 Å². The number of amides is 1. The molecule has 0 aliphatic rings. The molecule has 3 rings (SSSR count). The van der Waals surface area contributed by atoms with E-state index in [1.54, 1.807) is 37.4 Å². The lowest BCUT2D eigenvalue weighted by Crippen LogP contribution is -2.42. The van der Waals surface area contributed by atoms with Crippen LogP contribution in [0.4, 0.5) is 10.1 Å². The smallest absolute Gasteiger partial charge is 0.243 e. The summed E-state index contributed by atoms with van der Waals surface area (Å²) in [6.07, 6.45) is 7.96. The molecule has 148 valence electrons. The van der Waals surface area contributed by atoms with Crippen LogP contribution in [0.15, 0.2) is 53.7 Å². The van der Waals surface area contributed by atoms with Gasteiger partial charge in [-0.2, -0.15) is 0 Å². The average molecular weight is 391 g/mol. The number of aliphatic imine (C=N–C) groups is 1. The second-order valence-electron chi connectivity index (χ2n) is 6.38. The van der Waals surface area contributed by atoms with Crippen molar-refractivity contribution in [2.75, 3.05) is 25.5 Å². The summed E-state index contributed by atoms with van der Waals surface area (Å²) in [6.45, 7) is 0.669. The van der Waals surface area contributed by atoms with Gasteiger partial charge in [-0.15, -0.1) is 6.42 Å². The highest BCUT2D eigenvalue weighted by Gasteiger charge is 2.07. The molecule has 6 nitrogen and oxygen atoms in total. The lowest BCUT2D eigenvalue weighted by atomic mass is 10.1. The fourth-order valence-electron chi connectivity index (χ4n) is 2.96. The number of hydrogen-bond acceptors (Lipinski definition) is 2. The number of rotatable bonds is 6. The van der Waals surface area contributed by atoms with Crippen LogP contribution in [0.3, 0.4) is 0 Å². The number of nitrogens with zero attached hydrogens (tertiary/aromatic N) is 1. The molecule has 3 aromatic rings. The van der Waals surface area contributed by atoms with Crippen molar-refractivity contribution in [2.24, 2.45) is 4.99 Å². The van der Waals surface area contributed by atoms with Gasteiger partial charge in [-0.1, -0.05) is 12.0 Å². The number of hydrogen-bond donors (Lipinski definition) is 4. The van der Waals surface area contributed by atoms with Gasteiger partial charge in [0.05, 0.1) is 6.54 Å². The van der Waals surface area contributed by atoms with E-state index in [2.05, 4.69) is 31.8 Å². The lowest BCUT2D eigenvalue weighted by Gasteiger charge is -2.12. The van der Waals surface area contributed by atoms with E-state index in [0.29, 0.717) is 23.8 Å². The SMILES string of the molecule is C#Cc1cccc(NC(=O)CNC(=NC)NCCc2c[nH]c3cc(F)ccc23)c1. The molecule has 29 heavy (non-hydrogen) atoms. The topological polar surface area (TPSA) is 81.3 Å². The predicted octanol–water partition coefficient (Wildman–Crippen LogP) is 2.63. The van der Waals surface area contributed by atoms with Crippen LogP contribution in [0.25, 0.3) is 10.9 Å². The first kappa shape index (κ1) is 20.0. The highest BCUT2D eigenvalue weighted by atomic mass is 19.1. The molecular weight excluding hydrogens is 369 g/mol. The fraction of sp³-hybridized carbons (Fsp3) is 0.182. The van der Waals surface area contributed by atoms with E-state index in [4.69, 9.17) is 6.42 Å². The highest BCUT2D eigenvalue weighted by molar-refractivity contribution is 5.95. The summed E-state index contributed by atoms with van der Waals surface area (Å²) in [4.78, 5) is 19.3.